The van der Waals surface area contributed by atoms with Gasteiger partial charge in [-0.05, 0) is 6.07 Å². The monoisotopic (exact) mass is 304 g/mol. The Morgan fingerprint density at radius 1 is 1.43 bits per heavy atom. The van der Waals surface area contributed by atoms with Gasteiger partial charge in [0.15, 0.2) is 5.15 Å². The van der Waals surface area contributed by atoms with Gasteiger partial charge in [-0.25, -0.2) is 4.68 Å². The van der Waals surface area contributed by atoms with Crippen LogP contribution in [0.25, 0.3) is 5.69 Å². The Morgan fingerprint density at radius 3 is 2.57 bits per heavy atom. The highest BCUT2D eigenvalue weighted by molar-refractivity contribution is 6.31. The van der Waals surface area contributed by atoms with Crippen LogP contribution in [0.1, 0.15) is 32.0 Å². The molecular weight excluding hydrogens is 292 g/mol. The molecule has 0 aliphatic rings. The van der Waals surface area contributed by atoms with Crippen LogP contribution in [0.5, 0.6) is 0 Å². The topological polar surface area (TPSA) is 84.8 Å². The van der Waals surface area contributed by atoms with E-state index in [1.54, 1.807) is 12.1 Å². The second kappa shape index (κ2) is 5.19. The van der Waals surface area contributed by atoms with E-state index in [0.29, 0.717) is 11.4 Å². The number of rotatable bonds is 2. The molecule has 0 aliphatic heterocycles. The third-order valence-corrected chi connectivity index (χ3v) is 3.29. The van der Waals surface area contributed by atoms with Crippen molar-refractivity contribution >= 4 is 17.3 Å². The minimum Gasteiger partial charge on any atom is -0.258 e. The predicted octanol–water partition coefficient (Wildman–Crippen LogP) is 3.60. The Kier molecular flexibility index (Phi) is 3.71. The zero-order valence-electron chi connectivity index (χ0n) is 11.8. The lowest BCUT2D eigenvalue weighted by Gasteiger charge is -2.15. The molecule has 1 heterocycles. The Hall–Kier alpha value is -2.39. The molecule has 0 N–H and O–H groups in total. The summed E-state index contributed by atoms with van der Waals surface area (Å²) in [6.07, 6.45) is 0. The van der Waals surface area contributed by atoms with Gasteiger partial charge in [0.05, 0.1) is 16.3 Å². The quantitative estimate of drug-likeness (QED) is 0.626. The first kappa shape index (κ1) is 15.0. The average Bonchev–Trinajstić information content (AvgIpc) is 2.75. The van der Waals surface area contributed by atoms with E-state index in [-0.39, 0.29) is 21.8 Å². The smallest absolute Gasteiger partial charge is 0.258 e. The van der Waals surface area contributed by atoms with Gasteiger partial charge in [-0.2, -0.15) is 10.4 Å². The molecule has 0 saturated carbocycles. The average molecular weight is 305 g/mol. The lowest BCUT2D eigenvalue weighted by molar-refractivity contribution is -0.384. The molecule has 0 atom stereocenters. The van der Waals surface area contributed by atoms with Crippen LogP contribution >= 0.6 is 11.6 Å². The molecule has 2 aromatic rings. The Labute approximate surface area is 126 Å². The Bertz CT molecular complexity index is 753. The van der Waals surface area contributed by atoms with Crippen molar-refractivity contribution in [1.29, 1.82) is 5.26 Å². The third-order valence-electron chi connectivity index (χ3n) is 2.94. The van der Waals surface area contributed by atoms with E-state index < -0.39 is 4.92 Å². The van der Waals surface area contributed by atoms with E-state index in [9.17, 15) is 15.4 Å². The van der Waals surface area contributed by atoms with Gasteiger partial charge in [-0.1, -0.05) is 38.4 Å². The van der Waals surface area contributed by atoms with Crippen LogP contribution in [0.2, 0.25) is 5.15 Å². The highest BCUT2D eigenvalue weighted by atomic mass is 35.5. The van der Waals surface area contributed by atoms with Crippen molar-refractivity contribution in [1.82, 2.24) is 9.78 Å². The van der Waals surface area contributed by atoms with Crippen LogP contribution in [0.3, 0.4) is 0 Å². The van der Waals surface area contributed by atoms with Crippen molar-refractivity contribution < 1.29 is 4.92 Å². The number of non-ortho nitro benzene ring substituents is 1. The van der Waals surface area contributed by atoms with Gasteiger partial charge in [-0.15, -0.1) is 0 Å². The van der Waals surface area contributed by atoms with Crippen molar-refractivity contribution in [3.63, 3.8) is 0 Å². The summed E-state index contributed by atoms with van der Waals surface area (Å²) in [7, 11) is 0. The summed E-state index contributed by atoms with van der Waals surface area (Å²) in [6.45, 7) is 5.76. The number of nitrogens with zero attached hydrogens (tertiary/aromatic N) is 4. The number of aromatic nitrogens is 2. The molecule has 108 valence electrons. The molecule has 0 amide bonds. The van der Waals surface area contributed by atoms with Crippen molar-refractivity contribution in [2.75, 3.05) is 0 Å². The summed E-state index contributed by atoms with van der Waals surface area (Å²) in [5.74, 6) is 0. The summed E-state index contributed by atoms with van der Waals surface area (Å²) in [6, 6.07) is 8.00. The van der Waals surface area contributed by atoms with Crippen molar-refractivity contribution in [2.45, 2.75) is 26.2 Å². The van der Waals surface area contributed by atoms with Crippen molar-refractivity contribution in [3.05, 3.63) is 50.8 Å². The maximum Gasteiger partial charge on any atom is 0.271 e. The van der Waals surface area contributed by atoms with Crippen molar-refractivity contribution in [3.8, 4) is 11.8 Å². The van der Waals surface area contributed by atoms with E-state index in [0.717, 1.165) is 0 Å². The predicted molar refractivity (Wildman–Crippen MR) is 78.6 cm³/mol. The zero-order valence-corrected chi connectivity index (χ0v) is 12.5. The number of hydrogen-bond acceptors (Lipinski definition) is 4. The first-order valence-electron chi connectivity index (χ1n) is 6.19. The van der Waals surface area contributed by atoms with Gasteiger partial charge < -0.3 is 0 Å². The molecule has 0 radical (unpaired) electrons. The molecule has 0 bridgehead atoms. The number of benzene rings is 1. The largest absolute Gasteiger partial charge is 0.271 e. The molecule has 7 heteroatoms. The first-order chi connectivity index (χ1) is 9.75. The Morgan fingerprint density at radius 2 is 2.10 bits per heavy atom. The van der Waals surface area contributed by atoms with Crippen LogP contribution in [-0.2, 0) is 5.41 Å². The normalized spacial score (nSPS) is 11.2. The minimum atomic E-state index is -0.489. The molecular formula is C14H13ClN4O2. The third kappa shape index (κ3) is 2.73. The maximum atomic E-state index is 10.8. The summed E-state index contributed by atoms with van der Waals surface area (Å²) in [5.41, 5.74) is 0.869. The molecule has 0 spiro atoms. The maximum absolute atomic E-state index is 10.8. The number of hydrogen-bond donors (Lipinski definition) is 0. The zero-order chi connectivity index (χ0) is 15.8. The van der Waals surface area contributed by atoms with Crippen LogP contribution in [-0.4, -0.2) is 14.7 Å². The lowest BCUT2D eigenvalue weighted by Crippen LogP contribution is -2.14. The van der Waals surface area contributed by atoms with Crippen LogP contribution < -0.4 is 0 Å². The number of halogens is 1. The summed E-state index contributed by atoms with van der Waals surface area (Å²) < 4.78 is 1.35. The fourth-order valence-electron chi connectivity index (χ4n) is 1.93. The fourth-order valence-corrected chi connectivity index (χ4v) is 2.20. The molecule has 2 rings (SSSR count). The molecule has 6 nitrogen and oxygen atoms in total. The van der Waals surface area contributed by atoms with E-state index >= 15 is 0 Å². The summed E-state index contributed by atoms with van der Waals surface area (Å²) >= 11 is 6.21. The van der Waals surface area contributed by atoms with E-state index in [4.69, 9.17) is 11.6 Å². The molecule has 21 heavy (non-hydrogen) atoms. The first-order valence-corrected chi connectivity index (χ1v) is 6.57. The lowest BCUT2D eigenvalue weighted by atomic mass is 9.90. The van der Waals surface area contributed by atoms with Gasteiger partial charge in [-0.3, -0.25) is 10.1 Å². The van der Waals surface area contributed by atoms with Gasteiger partial charge in [0.25, 0.3) is 5.69 Å². The number of nitro benzene ring substituents is 1. The molecule has 0 saturated heterocycles. The molecule has 0 unspecified atom stereocenters. The highest BCUT2D eigenvalue weighted by Gasteiger charge is 2.27. The van der Waals surface area contributed by atoms with E-state index in [2.05, 4.69) is 5.10 Å². The SMILES string of the molecule is CC(C)(C)c1nn(-c2cccc([N+](=O)[O-])c2)c(Cl)c1C#N. The van der Waals surface area contributed by atoms with Gasteiger partial charge in [0.1, 0.15) is 11.6 Å². The molecule has 0 aliphatic carbocycles. The minimum absolute atomic E-state index is 0.0603. The summed E-state index contributed by atoms with van der Waals surface area (Å²) in [4.78, 5) is 10.4. The highest BCUT2D eigenvalue weighted by Crippen LogP contribution is 2.31. The van der Waals surface area contributed by atoms with Gasteiger partial charge in [0.2, 0.25) is 0 Å². The second-order valence-electron chi connectivity index (χ2n) is 5.56. The van der Waals surface area contributed by atoms with Crippen molar-refractivity contribution in [2.24, 2.45) is 0 Å². The Balaban J connectivity index is 2.66. The van der Waals surface area contributed by atoms with Crippen LogP contribution in [0.4, 0.5) is 5.69 Å². The fraction of sp³-hybridized carbons (Fsp3) is 0.286. The van der Waals surface area contributed by atoms with Gasteiger partial charge in [0, 0.05) is 17.5 Å². The van der Waals surface area contributed by atoms with Crippen LogP contribution in [0, 0.1) is 21.4 Å². The van der Waals surface area contributed by atoms with Crippen LogP contribution in [0.15, 0.2) is 24.3 Å². The van der Waals surface area contributed by atoms with E-state index in [1.165, 1.54) is 16.8 Å². The number of nitro groups is 1. The van der Waals surface area contributed by atoms with E-state index in [1.807, 2.05) is 26.8 Å². The second-order valence-corrected chi connectivity index (χ2v) is 5.92. The molecule has 1 aromatic carbocycles. The summed E-state index contributed by atoms with van der Waals surface area (Å²) in [5, 5.41) is 24.6. The standard InChI is InChI=1S/C14H13ClN4O2/c1-14(2,3)12-11(8-16)13(15)18(17-12)9-5-4-6-10(7-9)19(20)21/h4-7H,1-3H3. The van der Waals surface area contributed by atoms with Gasteiger partial charge >= 0.3 is 0 Å². The number of nitriles is 1. The molecule has 0 fully saturated rings. The molecule has 1 aromatic heterocycles.